The number of fused-ring (bicyclic) bond motifs is 1. The van der Waals surface area contributed by atoms with Crippen molar-refractivity contribution in [3.63, 3.8) is 0 Å². The number of amidine groups is 1. The first-order valence-electron chi connectivity index (χ1n) is 6.31. The molecule has 0 aliphatic carbocycles. The highest BCUT2D eigenvalue weighted by Crippen LogP contribution is 2.34. The average Bonchev–Trinajstić information content (AvgIpc) is 2.51. The highest BCUT2D eigenvalue weighted by atomic mass is 16.6. The van der Waals surface area contributed by atoms with Crippen LogP contribution in [0.15, 0.2) is 23.4 Å². The lowest BCUT2D eigenvalue weighted by molar-refractivity contribution is 0.0775. The largest absolute Gasteiger partial charge is 0.486 e. The van der Waals surface area contributed by atoms with Crippen molar-refractivity contribution in [2.45, 2.75) is 6.92 Å². The van der Waals surface area contributed by atoms with Crippen molar-refractivity contribution < 1.29 is 19.5 Å². The molecule has 0 aromatic heterocycles. The van der Waals surface area contributed by atoms with E-state index in [0.29, 0.717) is 36.8 Å². The Hall–Kier alpha value is -2.44. The van der Waals surface area contributed by atoms with Gasteiger partial charge in [-0.1, -0.05) is 11.2 Å². The molecule has 0 fully saturated rings. The summed E-state index contributed by atoms with van der Waals surface area (Å²) in [5, 5.41) is 11.5. The number of likely N-dealkylation sites (N-methyl/N-ethyl adjacent to an activating group) is 1. The smallest absolute Gasteiger partial charge is 0.258 e. The summed E-state index contributed by atoms with van der Waals surface area (Å²) in [7, 11) is 0. The van der Waals surface area contributed by atoms with E-state index in [4.69, 9.17) is 20.4 Å². The van der Waals surface area contributed by atoms with Crippen LogP contribution in [0.2, 0.25) is 0 Å². The van der Waals surface area contributed by atoms with Gasteiger partial charge in [0.2, 0.25) is 0 Å². The highest BCUT2D eigenvalue weighted by molar-refractivity contribution is 6.00. The Balaban J connectivity index is 2.28. The van der Waals surface area contributed by atoms with Gasteiger partial charge in [-0.2, -0.15) is 0 Å². The maximum Gasteiger partial charge on any atom is 0.258 e. The van der Waals surface area contributed by atoms with Gasteiger partial charge in [0.05, 0.1) is 12.1 Å². The van der Waals surface area contributed by atoms with Gasteiger partial charge < -0.3 is 25.3 Å². The molecule has 20 heavy (non-hydrogen) atoms. The lowest BCUT2D eigenvalue weighted by atomic mass is 10.1. The van der Waals surface area contributed by atoms with Gasteiger partial charge >= 0.3 is 0 Å². The molecule has 0 saturated heterocycles. The number of ether oxygens (including phenoxy) is 2. The third-order valence-corrected chi connectivity index (χ3v) is 2.95. The minimum Gasteiger partial charge on any atom is -0.486 e. The lowest BCUT2D eigenvalue weighted by Gasteiger charge is -2.24. The van der Waals surface area contributed by atoms with Gasteiger partial charge in [0.15, 0.2) is 17.3 Å². The maximum absolute atomic E-state index is 12.5. The molecule has 1 heterocycles. The van der Waals surface area contributed by atoms with Crippen molar-refractivity contribution in [2.24, 2.45) is 10.9 Å². The van der Waals surface area contributed by atoms with Crippen LogP contribution in [-0.4, -0.2) is 48.2 Å². The summed E-state index contributed by atoms with van der Waals surface area (Å²) in [4.78, 5) is 14.0. The third-order valence-electron chi connectivity index (χ3n) is 2.95. The normalized spacial score (nSPS) is 13.9. The first-order chi connectivity index (χ1) is 9.67. The number of carbonyl (C=O) groups excluding carboxylic acids is 1. The molecule has 0 bridgehead atoms. The van der Waals surface area contributed by atoms with Crippen molar-refractivity contribution >= 4 is 11.7 Å². The fourth-order valence-corrected chi connectivity index (χ4v) is 1.97. The molecule has 1 amide bonds. The number of rotatable bonds is 4. The van der Waals surface area contributed by atoms with Gasteiger partial charge in [-0.25, -0.2) is 0 Å². The molecule has 7 heteroatoms. The fourth-order valence-electron chi connectivity index (χ4n) is 1.97. The van der Waals surface area contributed by atoms with Crippen LogP contribution in [0.3, 0.4) is 0 Å². The van der Waals surface area contributed by atoms with E-state index in [1.165, 1.54) is 4.90 Å². The second kappa shape index (κ2) is 6.14. The van der Waals surface area contributed by atoms with Crippen molar-refractivity contribution in [2.75, 3.05) is 26.3 Å². The second-order valence-corrected chi connectivity index (χ2v) is 4.24. The molecule has 2 rings (SSSR count). The first kappa shape index (κ1) is 14.0. The summed E-state index contributed by atoms with van der Waals surface area (Å²) in [5.74, 6) is 0.729. The summed E-state index contributed by atoms with van der Waals surface area (Å²) < 4.78 is 11.0. The third kappa shape index (κ3) is 2.76. The van der Waals surface area contributed by atoms with Crippen molar-refractivity contribution in [1.29, 1.82) is 0 Å². The number of amides is 1. The van der Waals surface area contributed by atoms with Crippen molar-refractivity contribution in [3.8, 4) is 11.5 Å². The van der Waals surface area contributed by atoms with Crippen LogP contribution in [0.1, 0.15) is 17.3 Å². The molecule has 1 aliphatic rings. The molecule has 0 atom stereocenters. The Labute approximate surface area is 116 Å². The number of benzene rings is 1. The predicted octanol–water partition coefficient (Wildman–Crippen LogP) is 0.666. The van der Waals surface area contributed by atoms with Crippen LogP contribution in [0.25, 0.3) is 0 Å². The number of oxime groups is 1. The molecule has 0 saturated carbocycles. The minimum atomic E-state index is -0.249. The molecule has 1 aromatic carbocycles. The van der Waals surface area contributed by atoms with Crippen LogP contribution < -0.4 is 15.2 Å². The SMILES string of the molecule is CCN(CC(N)=NO)C(=O)c1cccc2c1OCCO2. The zero-order chi connectivity index (χ0) is 14.5. The van der Waals surface area contributed by atoms with E-state index >= 15 is 0 Å². The predicted molar refractivity (Wildman–Crippen MR) is 72.4 cm³/mol. The van der Waals surface area contributed by atoms with Crippen LogP contribution in [0.4, 0.5) is 0 Å². The van der Waals surface area contributed by atoms with E-state index in [0.717, 1.165) is 0 Å². The molecule has 0 unspecified atom stereocenters. The van der Waals surface area contributed by atoms with E-state index in [-0.39, 0.29) is 18.3 Å². The highest BCUT2D eigenvalue weighted by Gasteiger charge is 2.24. The molecular formula is C13H17N3O4. The molecule has 0 spiro atoms. The fraction of sp³-hybridized carbons (Fsp3) is 0.385. The second-order valence-electron chi connectivity index (χ2n) is 4.24. The van der Waals surface area contributed by atoms with Crippen molar-refractivity contribution in [3.05, 3.63) is 23.8 Å². The van der Waals surface area contributed by atoms with E-state index in [1.54, 1.807) is 18.2 Å². The Morgan fingerprint density at radius 3 is 2.90 bits per heavy atom. The molecule has 3 N–H and O–H groups in total. The Kier molecular flexibility index (Phi) is 4.29. The molecule has 1 aromatic rings. The number of nitrogens with two attached hydrogens (primary N) is 1. The molecule has 7 nitrogen and oxygen atoms in total. The summed E-state index contributed by atoms with van der Waals surface area (Å²) in [6.45, 7) is 3.17. The molecule has 1 aliphatic heterocycles. The summed E-state index contributed by atoms with van der Waals surface area (Å²) in [5.41, 5.74) is 5.87. The molecule has 0 radical (unpaired) electrons. The number of nitrogens with zero attached hydrogens (tertiary/aromatic N) is 2. The van der Waals surface area contributed by atoms with Crippen LogP contribution >= 0.6 is 0 Å². The first-order valence-corrected chi connectivity index (χ1v) is 6.31. The van der Waals surface area contributed by atoms with E-state index < -0.39 is 0 Å². The van der Waals surface area contributed by atoms with Gasteiger partial charge in [0.1, 0.15) is 13.2 Å². The Morgan fingerprint density at radius 2 is 2.20 bits per heavy atom. The topological polar surface area (TPSA) is 97.4 Å². The zero-order valence-electron chi connectivity index (χ0n) is 11.2. The molecular weight excluding hydrogens is 262 g/mol. The lowest BCUT2D eigenvalue weighted by Crippen LogP contribution is -2.38. The minimum absolute atomic E-state index is 0.0258. The number of hydrogen-bond donors (Lipinski definition) is 2. The van der Waals surface area contributed by atoms with Gasteiger partial charge in [0, 0.05) is 6.54 Å². The molecule has 108 valence electrons. The van der Waals surface area contributed by atoms with Crippen LogP contribution in [0, 0.1) is 0 Å². The summed E-state index contributed by atoms with van der Waals surface area (Å²) >= 11 is 0. The number of hydrogen-bond acceptors (Lipinski definition) is 5. The maximum atomic E-state index is 12.5. The van der Waals surface area contributed by atoms with E-state index in [2.05, 4.69) is 5.16 Å². The standard InChI is InChI=1S/C13H17N3O4/c1-2-16(8-11(14)15-18)13(17)9-4-3-5-10-12(9)20-7-6-19-10/h3-5,18H,2,6-8H2,1H3,(H2,14,15). The van der Waals surface area contributed by atoms with Crippen LogP contribution in [-0.2, 0) is 0 Å². The van der Waals surface area contributed by atoms with Crippen molar-refractivity contribution in [1.82, 2.24) is 4.90 Å². The Bertz CT molecular complexity index is 530. The van der Waals surface area contributed by atoms with Gasteiger partial charge in [-0.3, -0.25) is 4.79 Å². The zero-order valence-corrected chi connectivity index (χ0v) is 11.2. The number of para-hydroxylation sites is 1. The summed E-state index contributed by atoms with van der Waals surface area (Å²) in [6, 6.07) is 5.16. The average molecular weight is 279 g/mol. The van der Waals surface area contributed by atoms with Gasteiger partial charge in [-0.05, 0) is 19.1 Å². The van der Waals surface area contributed by atoms with Gasteiger partial charge in [0.25, 0.3) is 5.91 Å². The van der Waals surface area contributed by atoms with E-state index in [9.17, 15) is 4.79 Å². The summed E-state index contributed by atoms with van der Waals surface area (Å²) in [6.07, 6.45) is 0. The monoisotopic (exact) mass is 279 g/mol. The Morgan fingerprint density at radius 1 is 1.45 bits per heavy atom. The van der Waals surface area contributed by atoms with E-state index in [1.807, 2.05) is 6.92 Å². The van der Waals surface area contributed by atoms with Gasteiger partial charge in [-0.15, -0.1) is 0 Å². The quantitative estimate of drug-likeness (QED) is 0.365. The van der Waals surface area contributed by atoms with Crippen LogP contribution in [0.5, 0.6) is 11.5 Å². The number of carbonyl (C=O) groups is 1.